The van der Waals surface area contributed by atoms with E-state index in [9.17, 15) is 0 Å². The number of pyridine rings is 1. The van der Waals surface area contributed by atoms with E-state index in [0.717, 1.165) is 22.4 Å². The Kier molecular flexibility index (Phi) is 2.46. The van der Waals surface area contributed by atoms with Gasteiger partial charge in [-0.2, -0.15) is 0 Å². The maximum absolute atomic E-state index is 5.17. The van der Waals surface area contributed by atoms with E-state index in [-0.39, 0.29) is 0 Å². The van der Waals surface area contributed by atoms with E-state index in [0.29, 0.717) is 6.54 Å². The third-order valence-electron chi connectivity index (χ3n) is 2.57. The van der Waals surface area contributed by atoms with Gasteiger partial charge < -0.3 is 9.73 Å². The molecule has 0 bridgehead atoms. The number of fused-ring (bicyclic) bond motifs is 1. The van der Waals surface area contributed by atoms with Crippen molar-refractivity contribution in [1.29, 1.82) is 0 Å². The summed E-state index contributed by atoms with van der Waals surface area (Å²) in [4.78, 5) is 8.25. The molecule has 0 spiro atoms. The lowest BCUT2D eigenvalue weighted by Gasteiger charge is -2.06. The molecule has 0 aliphatic heterocycles. The lowest BCUT2D eigenvalue weighted by atomic mass is 10.2. The van der Waals surface area contributed by atoms with Crippen LogP contribution in [0, 0.1) is 0 Å². The van der Waals surface area contributed by atoms with Crippen LogP contribution < -0.4 is 5.32 Å². The molecule has 84 valence electrons. The summed E-state index contributed by atoms with van der Waals surface area (Å²) in [6, 6.07) is 10.0. The van der Waals surface area contributed by atoms with Crippen LogP contribution in [-0.4, -0.2) is 9.97 Å². The summed E-state index contributed by atoms with van der Waals surface area (Å²) in [6.07, 6.45) is 4.92. The lowest BCUT2D eigenvalue weighted by Crippen LogP contribution is -1.99. The van der Waals surface area contributed by atoms with E-state index in [1.54, 1.807) is 12.4 Å². The van der Waals surface area contributed by atoms with E-state index in [2.05, 4.69) is 15.3 Å². The summed E-state index contributed by atoms with van der Waals surface area (Å²) in [7, 11) is 0. The molecule has 0 unspecified atom stereocenters. The molecule has 0 saturated carbocycles. The van der Waals surface area contributed by atoms with Crippen LogP contribution in [0.5, 0.6) is 0 Å². The zero-order valence-corrected chi connectivity index (χ0v) is 9.13. The molecule has 0 amide bonds. The summed E-state index contributed by atoms with van der Waals surface area (Å²) in [5.74, 6) is 0.804. The number of nitrogens with zero attached hydrogens (tertiary/aromatic N) is 2. The molecule has 0 aliphatic carbocycles. The number of nitrogens with one attached hydrogen (secondary N) is 1. The number of aromatic nitrogens is 2. The van der Waals surface area contributed by atoms with Crippen LogP contribution in [0.15, 0.2) is 53.5 Å². The first kappa shape index (κ1) is 9.84. The average molecular weight is 225 g/mol. The van der Waals surface area contributed by atoms with Crippen molar-refractivity contribution in [2.24, 2.45) is 0 Å². The first-order valence-corrected chi connectivity index (χ1v) is 5.38. The summed E-state index contributed by atoms with van der Waals surface area (Å²) in [6.45, 7) is 0.607. The molecule has 0 fully saturated rings. The zero-order chi connectivity index (χ0) is 11.5. The van der Waals surface area contributed by atoms with Gasteiger partial charge in [0.25, 0.3) is 0 Å². The summed E-state index contributed by atoms with van der Waals surface area (Å²) in [5.41, 5.74) is 1.97. The second kappa shape index (κ2) is 4.25. The molecule has 3 rings (SSSR count). The standard InChI is InChI=1S/C13H11N3O/c1-3-10-4-2-6-15-13(10)12(5-1)16-8-11-7-14-9-17-11/h1-7,9,16H,8H2. The molecule has 17 heavy (non-hydrogen) atoms. The molecule has 4 heteroatoms. The van der Waals surface area contributed by atoms with Gasteiger partial charge in [-0.05, 0) is 12.1 Å². The first-order chi connectivity index (χ1) is 8.43. The maximum atomic E-state index is 5.17. The van der Waals surface area contributed by atoms with Gasteiger partial charge >= 0.3 is 0 Å². The SMILES string of the molecule is c1cnc2c(NCc3cnco3)cccc2c1. The molecule has 1 N–H and O–H groups in total. The summed E-state index contributed by atoms with van der Waals surface area (Å²) in [5, 5.41) is 4.41. The molecule has 0 atom stereocenters. The molecular formula is C13H11N3O. The third-order valence-corrected chi connectivity index (χ3v) is 2.57. The number of hydrogen-bond donors (Lipinski definition) is 1. The molecule has 0 radical (unpaired) electrons. The minimum Gasteiger partial charge on any atom is -0.447 e. The van der Waals surface area contributed by atoms with Crippen molar-refractivity contribution in [3.05, 3.63) is 54.9 Å². The van der Waals surface area contributed by atoms with E-state index < -0.39 is 0 Å². The zero-order valence-electron chi connectivity index (χ0n) is 9.13. The fraction of sp³-hybridized carbons (Fsp3) is 0.0769. The van der Waals surface area contributed by atoms with Crippen LogP contribution in [0.1, 0.15) is 5.76 Å². The number of oxazole rings is 1. The largest absolute Gasteiger partial charge is 0.447 e. The minimum atomic E-state index is 0.607. The van der Waals surface area contributed by atoms with Crippen molar-refractivity contribution < 1.29 is 4.42 Å². The fourth-order valence-corrected chi connectivity index (χ4v) is 1.76. The second-order valence-electron chi connectivity index (χ2n) is 3.70. The monoisotopic (exact) mass is 225 g/mol. The van der Waals surface area contributed by atoms with Gasteiger partial charge in [0.05, 0.1) is 23.9 Å². The topological polar surface area (TPSA) is 51.0 Å². The molecular weight excluding hydrogens is 214 g/mol. The van der Waals surface area contributed by atoms with Gasteiger partial charge in [-0.25, -0.2) is 4.98 Å². The van der Waals surface area contributed by atoms with Crippen LogP contribution in [0.2, 0.25) is 0 Å². The Hall–Kier alpha value is -2.36. The Morgan fingerprint density at radius 2 is 2.12 bits per heavy atom. The van der Waals surface area contributed by atoms with Gasteiger partial charge in [0.1, 0.15) is 5.76 Å². The quantitative estimate of drug-likeness (QED) is 0.744. The van der Waals surface area contributed by atoms with Gasteiger partial charge in [0.2, 0.25) is 0 Å². The average Bonchev–Trinajstić information content (AvgIpc) is 2.89. The van der Waals surface area contributed by atoms with Gasteiger partial charge in [0, 0.05) is 11.6 Å². The summed E-state index contributed by atoms with van der Waals surface area (Å²) < 4.78 is 5.17. The van der Waals surface area contributed by atoms with E-state index in [4.69, 9.17) is 4.42 Å². The highest BCUT2D eigenvalue weighted by Crippen LogP contribution is 2.21. The number of hydrogen-bond acceptors (Lipinski definition) is 4. The lowest BCUT2D eigenvalue weighted by molar-refractivity contribution is 0.512. The highest BCUT2D eigenvalue weighted by molar-refractivity contribution is 5.90. The van der Waals surface area contributed by atoms with Gasteiger partial charge in [-0.1, -0.05) is 18.2 Å². The Labute approximate surface area is 98.3 Å². The molecule has 3 aromatic rings. The van der Waals surface area contributed by atoms with Crippen molar-refractivity contribution in [2.75, 3.05) is 5.32 Å². The van der Waals surface area contributed by atoms with E-state index >= 15 is 0 Å². The third kappa shape index (κ3) is 1.97. The number of benzene rings is 1. The van der Waals surface area contributed by atoms with E-state index in [1.165, 1.54) is 6.39 Å². The van der Waals surface area contributed by atoms with Crippen LogP contribution in [0.3, 0.4) is 0 Å². The minimum absolute atomic E-state index is 0.607. The maximum Gasteiger partial charge on any atom is 0.180 e. The Bertz CT molecular complexity index is 614. The normalized spacial score (nSPS) is 10.6. The van der Waals surface area contributed by atoms with Crippen LogP contribution in [-0.2, 0) is 6.54 Å². The molecule has 2 heterocycles. The van der Waals surface area contributed by atoms with Crippen LogP contribution >= 0.6 is 0 Å². The molecule has 2 aromatic heterocycles. The highest BCUT2D eigenvalue weighted by atomic mass is 16.3. The van der Waals surface area contributed by atoms with Crippen molar-refractivity contribution in [2.45, 2.75) is 6.54 Å². The molecule has 0 saturated heterocycles. The molecule has 4 nitrogen and oxygen atoms in total. The van der Waals surface area contributed by atoms with Gasteiger partial charge in [0.15, 0.2) is 6.39 Å². The highest BCUT2D eigenvalue weighted by Gasteiger charge is 2.02. The Morgan fingerprint density at radius 1 is 1.18 bits per heavy atom. The fourth-order valence-electron chi connectivity index (χ4n) is 1.76. The van der Waals surface area contributed by atoms with E-state index in [1.807, 2.05) is 30.3 Å². The Balaban J connectivity index is 1.90. The second-order valence-corrected chi connectivity index (χ2v) is 3.70. The molecule has 1 aromatic carbocycles. The predicted octanol–water partition coefficient (Wildman–Crippen LogP) is 2.83. The van der Waals surface area contributed by atoms with Crippen molar-refractivity contribution in [3.63, 3.8) is 0 Å². The predicted molar refractivity (Wildman–Crippen MR) is 65.6 cm³/mol. The van der Waals surface area contributed by atoms with Crippen molar-refractivity contribution in [1.82, 2.24) is 9.97 Å². The van der Waals surface area contributed by atoms with Crippen molar-refractivity contribution >= 4 is 16.6 Å². The first-order valence-electron chi connectivity index (χ1n) is 5.38. The number of anilines is 1. The van der Waals surface area contributed by atoms with Crippen LogP contribution in [0.4, 0.5) is 5.69 Å². The van der Waals surface area contributed by atoms with Gasteiger partial charge in [-0.15, -0.1) is 0 Å². The summed E-state index contributed by atoms with van der Waals surface area (Å²) >= 11 is 0. The van der Waals surface area contributed by atoms with Crippen LogP contribution in [0.25, 0.3) is 10.9 Å². The Morgan fingerprint density at radius 3 is 3.00 bits per heavy atom. The van der Waals surface area contributed by atoms with Crippen molar-refractivity contribution in [3.8, 4) is 0 Å². The molecule has 0 aliphatic rings. The number of para-hydroxylation sites is 1. The van der Waals surface area contributed by atoms with Gasteiger partial charge in [-0.3, -0.25) is 4.98 Å². The number of rotatable bonds is 3. The smallest absolute Gasteiger partial charge is 0.180 e.